The standard InChI is InChI=1S/C2H2O4.2ClH/c3-1(4)2(5)6;;/h(H,3,4)(H,5,6);2*1H/p-4. The summed E-state index contributed by atoms with van der Waals surface area (Å²) >= 11 is 0. The van der Waals surface area contributed by atoms with E-state index in [4.69, 9.17) is 19.8 Å². The van der Waals surface area contributed by atoms with Crippen LogP contribution in [-0.4, -0.2) is 11.9 Å². The fourth-order valence-corrected chi connectivity index (χ4v) is 0. The van der Waals surface area contributed by atoms with Gasteiger partial charge >= 0.3 is 0 Å². The van der Waals surface area contributed by atoms with Crippen LogP contribution in [0.3, 0.4) is 0 Å². The zero-order valence-corrected chi connectivity index (χ0v) is 4.90. The van der Waals surface area contributed by atoms with E-state index >= 15 is 0 Å². The second-order valence-electron chi connectivity index (χ2n) is 0.575. The van der Waals surface area contributed by atoms with Crippen LogP contribution in [0.25, 0.3) is 0 Å². The molecular formula is C2Cl2O4-4. The molecule has 0 saturated heterocycles. The molecule has 0 saturated carbocycles. The normalized spacial score (nSPS) is 5.50. The van der Waals surface area contributed by atoms with Gasteiger partial charge in [-0.1, -0.05) is 0 Å². The van der Waals surface area contributed by atoms with Crippen molar-refractivity contribution in [2.24, 2.45) is 0 Å². The van der Waals surface area contributed by atoms with Gasteiger partial charge in [0.25, 0.3) is 0 Å². The first kappa shape index (κ1) is 15.6. The van der Waals surface area contributed by atoms with Crippen LogP contribution in [0, 0.1) is 0 Å². The molecule has 0 aromatic rings. The summed E-state index contributed by atoms with van der Waals surface area (Å²) in [6.07, 6.45) is 0. The van der Waals surface area contributed by atoms with Gasteiger partial charge in [0.2, 0.25) is 0 Å². The van der Waals surface area contributed by atoms with Crippen molar-refractivity contribution in [1.82, 2.24) is 0 Å². The Morgan fingerprint density at radius 2 is 1.00 bits per heavy atom. The second-order valence-corrected chi connectivity index (χ2v) is 0.575. The topological polar surface area (TPSA) is 80.3 Å². The molecule has 0 aromatic heterocycles. The van der Waals surface area contributed by atoms with Crippen molar-refractivity contribution in [2.45, 2.75) is 0 Å². The van der Waals surface area contributed by atoms with E-state index in [-0.39, 0.29) is 24.8 Å². The first-order valence-corrected chi connectivity index (χ1v) is 1.07. The monoisotopic (exact) mass is 158 g/mol. The van der Waals surface area contributed by atoms with E-state index in [1.165, 1.54) is 0 Å². The van der Waals surface area contributed by atoms with Crippen molar-refractivity contribution in [2.75, 3.05) is 0 Å². The van der Waals surface area contributed by atoms with Crippen molar-refractivity contribution in [3.8, 4) is 0 Å². The summed E-state index contributed by atoms with van der Waals surface area (Å²) in [6, 6.07) is 0. The van der Waals surface area contributed by atoms with Crippen LogP contribution in [0.2, 0.25) is 0 Å². The number of carboxylic acids is 2. The van der Waals surface area contributed by atoms with Crippen LogP contribution in [0.15, 0.2) is 0 Å². The molecule has 0 unspecified atom stereocenters. The summed E-state index contributed by atoms with van der Waals surface area (Å²) < 4.78 is 0. The Balaban J connectivity index is -0.000000125. The SMILES string of the molecule is O=C([O-])C(=O)[O-].[Cl-].[Cl-]. The molecule has 0 atom stereocenters. The zero-order chi connectivity index (χ0) is 5.15. The van der Waals surface area contributed by atoms with E-state index in [1.807, 2.05) is 0 Å². The van der Waals surface area contributed by atoms with Crippen molar-refractivity contribution in [3.63, 3.8) is 0 Å². The zero-order valence-electron chi connectivity index (χ0n) is 3.39. The van der Waals surface area contributed by atoms with E-state index < -0.39 is 11.9 Å². The number of rotatable bonds is 0. The largest absolute Gasteiger partial charge is 1.00 e. The Hall–Kier alpha value is -0.480. The summed E-state index contributed by atoms with van der Waals surface area (Å²) in [5.41, 5.74) is 0. The molecule has 0 radical (unpaired) electrons. The Morgan fingerprint density at radius 3 is 1.00 bits per heavy atom. The van der Waals surface area contributed by atoms with Gasteiger partial charge in [0, 0.05) is 0 Å². The van der Waals surface area contributed by atoms with Crippen LogP contribution >= 0.6 is 0 Å². The molecule has 0 bridgehead atoms. The van der Waals surface area contributed by atoms with Gasteiger partial charge in [0.15, 0.2) is 0 Å². The maximum absolute atomic E-state index is 8.93. The minimum atomic E-state index is -2.19. The lowest BCUT2D eigenvalue weighted by Crippen LogP contribution is -3.00. The second kappa shape index (κ2) is 6.52. The molecule has 50 valence electrons. The van der Waals surface area contributed by atoms with E-state index in [9.17, 15) is 0 Å². The molecule has 8 heavy (non-hydrogen) atoms. The highest BCUT2D eigenvalue weighted by molar-refractivity contribution is 6.25. The summed E-state index contributed by atoms with van der Waals surface area (Å²) in [6.45, 7) is 0. The van der Waals surface area contributed by atoms with Crippen molar-refractivity contribution >= 4 is 11.9 Å². The Morgan fingerprint density at radius 1 is 0.875 bits per heavy atom. The number of carboxylic acid groups (broad SMARTS) is 2. The molecule has 4 nitrogen and oxygen atoms in total. The summed E-state index contributed by atoms with van der Waals surface area (Å²) in [7, 11) is 0. The highest BCUT2D eigenvalue weighted by Crippen LogP contribution is 1.41. The molecule has 0 amide bonds. The number of hydrogen-bond donors (Lipinski definition) is 0. The summed E-state index contributed by atoms with van der Waals surface area (Å²) in [5, 5.41) is 17.9. The van der Waals surface area contributed by atoms with Gasteiger partial charge in [-0.05, 0) is 0 Å². The molecule has 0 aromatic carbocycles. The molecular weight excluding hydrogens is 159 g/mol. The quantitative estimate of drug-likeness (QED) is 0.328. The first-order chi connectivity index (χ1) is 2.64. The first-order valence-electron chi connectivity index (χ1n) is 1.07. The van der Waals surface area contributed by atoms with Crippen LogP contribution in [0.1, 0.15) is 0 Å². The molecule has 6 heteroatoms. The molecule has 0 heterocycles. The Kier molecular flexibility index (Phi) is 12.8. The lowest BCUT2D eigenvalue weighted by atomic mass is 10.7. The van der Waals surface area contributed by atoms with Crippen LogP contribution in [0.5, 0.6) is 0 Å². The van der Waals surface area contributed by atoms with Crippen LogP contribution in [-0.2, 0) is 9.59 Å². The predicted molar refractivity (Wildman–Crippen MR) is 10.0 cm³/mol. The Labute approximate surface area is 57.3 Å². The minimum Gasteiger partial charge on any atom is -1.00 e. The third kappa shape index (κ3) is 9.10. The highest BCUT2D eigenvalue weighted by atomic mass is 35.5. The average molecular weight is 159 g/mol. The third-order valence-corrected chi connectivity index (χ3v) is 0.167. The van der Waals surface area contributed by atoms with E-state index in [0.717, 1.165) is 0 Å². The molecule has 0 spiro atoms. The lowest BCUT2D eigenvalue weighted by Gasteiger charge is -1.97. The number of halogens is 2. The van der Waals surface area contributed by atoms with Crippen LogP contribution in [0.4, 0.5) is 0 Å². The van der Waals surface area contributed by atoms with Gasteiger partial charge in [0.1, 0.15) is 0 Å². The highest BCUT2D eigenvalue weighted by Gasteiger charge is 1.74. The molecule has 0 aliphatic heterocycles. The maximum atomic E-state index is 8.93. The number of hydrogen-bond acceptors (Lipinski definition) is 4. The number of aliphatic carboxylic acids is 2. The van der Waals surface area contributed by atoms with Gasteiger partial charge < -0.3 is 44.6 Å². The predicted octanol–water partition coefficient (Wildman–Crippen LogP) is -9.51. The van der Waals surface area contributed by atoms with Gasteiger partial charge in [-0.25, -0.2) is 0 Å². The van der Waals surface area contributed by atoms with Gasteiger partial charge in [-0.2, -0.15) is 0 Å². The van der Waals surface area contributed by atoms with Crippen molar-refractivity contribution in [3.05, 3.63) is 0 Å². The van der Waals surface area contributed by atoms with E-state index in [0.29, 0.717) is 0 Å². The van der Waals surface area contributed by atoms with Crippen molar-refractivity contribution in [1.29, 1.82) is 0 Å². The third-order valence-electron chi connectivity index (χ3n) is 0.167. The molecule has 0 aliphatic carbocycles. The van der Waals surface area contributed by atoms with Gasteiger partial charge in [0.05, 0.1) is 11.9 Å². The molecule has 0 N–H and O–H groups in total. The Bertz CT molecular complexity index is 78.0. The van der Waals surface area contributed by atoms with Crippen LogP contribution < -0.4 is 35.0 Å². The number of carbonyl (C=O) groups excluding carboxylic acids is 2. The average Bonchev–Trinajstić information content (AvgIpc) is 1.36. The maximum Gasteiger partial charge on any atom is 0.0870 e. The van der Waals surface area contributed by atoms with E-state index in [1.54, 1.807) is 0 Å². The smallest absolute Gasteiger partial charge is 0.0870 e. The molecule has 0 aliphatic rings. The number of carbonyl (C=O) groups is 2. The fourth-order valence-electron chi connectivity index (χ4n) is 0. The van der Waals surface area contributed by atoms with Gasteiger partial charge in [-0.3, -0.25) is 0 Å². The summed E-state index contributed by atoms with van der Waals surface area (Å²) in [4.78, 5) is 17.9. The lowest BCUT2D eigenvalue weighted by molar-refractivity contribution is -0.345. The van der Waals surface area contributed by atoms with Crippen molar-refractivity contribution < 1.29 is 44.6 Å². The summed E-state index contributed by atoms with van der Waals surface area (Å²) in [5.74, 6) is -4.37. The van der Waals surface area contributed by atoms with Gasteiger partial charge in [-0.15, -0.1) is 0 Å². The molecule has 0 fully saturated rings. The molecule has 0 rings (SSSR count). The van der Waals surface area contributed by atoms with E-state index in [2.05, 4.69) is 0 Å². The fraction of sp³-hybridized carbons (Fsp3) is 0. The minimum absolute atomic E-state index is 0.